The van der Waals surface area contributed by atoms with Crippen molar-refractivity contribution in [1.82, 2.24) is 5.32 Å². The van der Waals surface area contributed by atoms with Crippen LogP contribution in [0.1, 0.15) is 24.8 Å². The zero-order valence-electron chi connectivity index (χ0n) is 9.76. The fraction of sp³-hybridized carbons (Fsp3) is 0.538. The first kappa shape index (κ1) is 12.5. The Bertz CT molecular complexity index is 361. The number of nitrogens with two attached hydrogens (primary N) is 1. The molecule has 1 aromatic rings. The first-order valence-corrected chi connectivity index (χ1v) is 6.07. The minimum absolute atomic E-state index is 0.305. The molecule has 0 heterocycles. The van der Waals surface area contributed by atoms with E-state index in [1.165, 1.54) is 12.1 Å². The SMILES string of the molecule is NC1CCC(NCCc2cc(F)cc(F)c2)C1. The van der Waals surface area contributed by atoms with Gasteiger partial charge in [0.25, 0.3) is 0 Å². The summed E-state index contributed by atoms with van der Waals surface area (Å²) in [5.74, 6) is -1.02. The van der Waals surface area contributed by atoms with Gasteiger partial charge >= 0.3 is 0 Å². The Morgan fingerprint density at radius 2 is 1.88 bits per heavy atom. The van der Waals surface area contributed by atoms with Crippen molar-refractivity contribution in [3.8, 4) is 0 Å². The Balaban J connectivity index is 1.78. The summed E-state index contributed by atoms with van der Waals surface area (Å²) in [5.41, 5.74) is 6.50. The molecule has 1 aliphatic rings. The Labute approximate surface area is 100 Å². The molecule has 0 aromatic heterocycles. The number of halogens is 2. The lowest BCUT2D eigenvalue weighted by atomic mass is 10.1. The molecule has 94 valence electrons. The second kappa shape index (κ2) is 5.56. The van der Waals surface area contributed by atoms with Crippen molar-refractivity contribution in [2.24, 2.45) is 5.73 Å². The molecule has 0 amide bonds. The van der Waals surface area contributed by atoms with Gasteiger partial charge in [-0.05, 0) is 49.9 Å². The predicted octanol–water partition coefficient (Wildman–Crippen LogP) is 1.98. The number of nitrogens with one attached hydrogen (secondary N) is 1. The van der Waals surface area contributed by atoms with Gasteiger partial charge in [0.1, 0.15) is 11.6 Å². The third kappa shape index (κ3) is 3.75. The van der Waals surface area contributed by atoms with Crippen molar-refractivity contribution in [2.45, 2.75) is 37.8 Å². The Kier molecular flexibility index (Phi) is 4.07. The van der Waals surface area contributed by atoms with Gasteiger partial charge in [0, 0.05) is 18.2 Å². The summed E-state index contributed by atoms with van der Waals surface area (Å²) in [5, 5.41) is 3.37. The quantitative estimate of drug-likeness (QED) is 0.844. The van der Waals surface area contributed by atoms with Gasteiger partial charge in [0.15, 0.2) is 0 Å². The van der Waals surface area contributed by atoms with Crippen molar-refractivity contribution in [2.75, 3.05) is 6.54 Å². The molecule has 3 N–H and O–H groups in total. The molecule has 2 atom stereocenters. The van der Waals surface area contributed by atoms with Gasteiger partial charge in [-0.1, -0.05) is 0 Å². The van der Waals surface area contributed by atoms with Crippen LogP contribution in [-0.4, -0.2) is 18.6 Å². The lowest BCUT2D eigenvalue weighted by Gasteiger charge is -2.12. The van der Waals surface area contributed by atoms with Crippen LogP contribution in [0.5, 0.6) is 0 Å². The van der Waals surface area contributed by atoms with Crippen molar-refractivity contribution < 1.29 is 8.78 Å². The molecule has 0 bridgehead atoms. The van der Waals surface area contributed by atoms with Gasteiger partial charge in [-0.15, -0.1) is 0 Å². The summed E-state index contributed by atoms with van der Waals surface area (Å²) in [7, 11) is 0. The van der Waals surface area contributed by atoms with Gasteiger partial charge in [-0.2, -0.15) is 0 Å². The highest BCUT2D eigenvalue weighted by Crippen LogP contribution is 2.17. The molecule has 1 fully saturated rings. The molecule has 1 aromatic carbocycles. The van der Waals surface area contributed by atoms with E-state index in [1.54, 1.807) is 0 Å². The summed E-state index contributed by atoms with van der Waals surface area (Å²) in [6.07, 6.45) is 3.79. The maximum Gasteiger partial charge on any atom is 0.126 e. The lowest BCUT2D eigenvalue weighted by molar-refractivity contribution is 0.518. The normalized spacial score (nSPS) is 24.2. The fourth-order valence-corrected chi connectivity index (χ4v) is 2.38. The zero-order chi connectivity index (χ0) is 12.3. The number of hydrogen-bond donors (Lipinski definition) is 2. The topological polar surface area (TPSA) is 38.0 Å². The van der Waals surface area contributed by atoms with Crippen LogP contribution in [0, 0.1) is 11.6 Å². The van der Waals surface area contributed by atoms with Crippen LogP contribution >= 0.6 is 0 Å². The predicted molar refractivity (Wildman–Crippen MR) is 63.7 cm³/mol. The monoisotopic (exact) mass is 240 g/mol. The second-order valence-electron chi connectivity index (χ2n) is 4.75. The first-order valence-electron chi connectivity index (χ1n) is 6.07. The Morgan fingerprint density at radius 1 is 1.18 bits per heavy atom. The van der Waals surface area contributed by atoms with Crippen molar-refractivity contribution in [1.29, 1.82) is 0 Å². The third-order valence-corrected chi connectivity index (χ3v) is 3.24. The molecule has 2 rings (SSSR count). The van der Waals surface area contributed by atoms with E-state index in [0.29, 0.717) is 24.1 Å². The van der Waals surface area contributed by atoms with Crippen molar-refractivity contribution in [3.63, 3.8) is 0 Å². The van der Waals surface area contributed by atoms with Gasteiger partial charge in [-0.3, -0.25) is 0 Å². The first-order chi connectivity index (χ1) is 8.13. The number of benzene rings is 1. The van der Waals surface area contributed by atoms with Crippen LogP contribution in [0.3, 0.4) is 0 Å². The Hall–Kier alpha value is -1.00. The maximum absolute atomic E-state index is 12.9. The highest BCUT2D eigenvalue weighted by molar-refractivity contribution is 5.18. The van der Waals surface area contributed by atoms with Crippen molar-refractivity contribution >= 4 is 0 Å². The molecule has 0 aliphatic heterocycles. The highest BCUT2D eigenvalue weighted by atomic mass is 19.1. The molecule has 0 radical (unpaired) electrons. The van der Waals surface area contributed by atoms with E-state index in [0.717, 1.165) is 31.9 Å². The molecule has 2 unspecified atom stereocenters. The molecule has 4 heteroatoms. The van der Waals surface area contributed by atoms with Crippen LogP contribution < -0.4 is 11.1 Å². The smallest absolute Gasteiger partial charge is 0.126 e. The van der Waals surface area contributed by atoms with Gasteiger partial charge in [0.05, 0.1) is 0 Å². The minimum atomic E-state index is -0.511. The molecule has 0 saturated heterocycles. The van der Waals surface area contributed by atoms with Crippen LogP contribution in [0.15, 0.2) is 18.2 Å². The van der Waals surface area contributed by atoms with E-state index in [2.05, 4.69) is 5.32 Å². The lowest BCUT2D eigenvalue weighted by Crippen LogP contribution is -2.30. The van der Waals surface area contributed by atoms with Gasteiger partial charge in [-0.25, -0.2) is 8.78 Å². The maximum atomic E-state index is 12.9. The van der Waals surface area contributed by atoms with Crippen LogP contribution in [0.25, 0.3) is 0 Å². The zero-order valence-corrected chi connectivity index (χ0v) is 9.76. The van der Waals surface area contributed by atoms with Crippen molar-refractivity contribution in [3.05, 3.63) is 35.4 Å². The van der Waals surface area contributed by atoms with E-state index >= 15 is 0 Å². The highest BCUT2D eigenvalue weighted by Gasteiger charge is 2.20. The minimum Gasteiger partial charge on any atom is -0.328 e. The van der Waals surface area contributed by atoms with Crippen LogP contribution in [0.2, 0.25) is 0 Å². The van der Waals surface area contributed by atoms with Crippen LogP contribution in [-0.2, 0) is 6.42 Å². The molecule has 2 nitrogen and oxygen atoms in total. The number of rotatable bonds is 4. The van der Waals surface area contributed by atoms with E-state index in [4.69, 9.17) is 5.73 Å². The van der Waals surface area contributed by atoms with E-state index in [9.17, 15) is 8.78 Å². The molecule has 0 spiro atoms. The Morgan fingerprint density at radius 3 is 2.47 bits per heavy atom. The van der Waals surface area contributed by atoms with Gasteiger partial charge < -0.3 is 11.1 Å². The molecule has 17 heavy (non-hydrogen) atoms. The molecular weight excluding hydrogens is 222 g/mol. The summed E-state index contributed by atoms with van der Waals surface area (Å²) in [6, 6.07) is 4.42. The standard InChI is InChI=1S/C13H18F2N2/c14-10-5-9(6-11(15)7-10)3-4-17-13-2-1-12(16)8-13/h5-7,12-13,17H,1-4,8,16H2. The summed E-state index contributed by atoms with van der Waals surface area (Å²) < 4.78 is 25.9. The average Bonchev–Trinajstić information content (AvgIpc) is 2.63. The van der Waals surface area contributed by atoms with E-state index in [-0.39, 0.29) is 0 Å². The molecular formula is C13H18F2N2. The fourth-order valence-electron chi connectivity index (χ4n) is 2.38. The molecule has 1 saturated carbocycles. The third-order valence-electron chi connectivity index (χ3n) is 3.24. The average molecular weight is 240 g/mol. The van der Waals surface area contributed by atoms with Gasteiger partial charge in [0.2, 0.25) is 0 Å². The summed E-state index contributed by atoms with van der Waals surface area (Å²) in [6.45, 7) is 0.736. The van der Waals surface area contributed by atoms with Crippen LogP contribution in [0.4, 0.5) is 8.78 Å². The van der Waals surface area contributed by atoms with E-state index in [1.807, 2.05) is 0 Å². The van der Waals surface area contributed by atoms with E-state index < -0.39 is 11.6 Å². The largest absolute Gasteiger partial charge is 0.328 e. The second-order valence-corrected chi connectivity index (χ2v) is 4.75. The summed E-state index contributed by atoms with van der Waals surface area (Å²) in [4.78, 5) is 0. The molecule has 1 aliphatic carbocycles. The summed E-state index contributed by atoms with van der Waals surface area (Å²) >= 11 is 0. The number of hydrogen-bond acceptors (Lipinski definition) is 2.